The Morgan fingerprint density at radius 1 is 1.45 bits per heavy atom. The maximum Gasteiger partial charge on any atom is 0.222 e. The topological polar surface area (TPSA) is 73.7 Å². The molecular formula is C17H26N2O3. The minimum atomic E-state index is -0.643. The molecule has 0 saturated carbocycles. The minimum absolute atomic E-state index is 0.0128. The summed E-state index contributed by atoms with van der Waals surface area (Å²) in [6, 6.07) is 3.83. The first kappa shape index (κ1) is 16.9. The third-order valence-corrected chi connectivity index (χ3v) is 4.77. The molecule has 5 nitrogen and oxygen atoms in total. The number of amides is 1. The van der Waals surface area contributed by atoms with Crippen molar-refractivity contribution in [2.24, 2.45) is 5.41 Å². The molecule has 2 atom stereocenters. The van der Waals surface area contributed by atoms with Crippen molar-refractivity contribution in [3.05, 3.63) is 30.1 Å². The molecule has 22 heavy (non-hydrogen) atoms. The summed E-state index contributed by atoms with van der Waals surface area (Å²) in [5.41, 5.74) is 0.660. The van der Waals surface area contributed by atoms with E-state index in [0.29, 0.717) is 32.4 Å². The van der Waals surface area contributed by atoms with E-state index in [1.165, 1.54) is 0 Å². The monoisotopic (exact) mass is 306 g/mol. The Labute approximate surface area is 132 Å². The van der Waals surface area contributed by atoms with Crippen LogP contribution in [0.4, 0.5) is 0 Å². The van der Waals surface area contributed by atoms with Crippen molar-refractivity contribution in [1.82, 2.24) is 9.88 Å². The van der Waals surface area contributed by atoms with E-state index >= 15 is 0 Å². The number of likely N-dealkylation sites (tertiary alicyclic amines) is 1. The number of carbonyl (C=O) groups is 1. The van der Waals surface area contributed by atoms with Crippen LogP contribution in [-0.2, 0) is 11.2 Å². The van der Waals surface area contributed by atoms with Crippen LogP contribution in [0.15, 0.2) is 24.5 Å². The molecule has 1 aliphatic rings. The highest BCUT2D eigenvalue weighted by molar-refractivity contribution is 5.76. The fourth-order valence-corrected chi connectivity index (χ4v) is 3.26. The van der Waals surface area contributed by atoms with Gasteiger partial charge in [0.05, 0.1) is 12.7 Å². The highest BCUT2D eigenvalue weighted by Crippen LogP contribution is 2.36. The first-order valence-electron chi connectivity index (χ1n) is 8.07. The molecular weight excluding hydrogens is 280 g/mol. The summed E-state index contributed by atoms with van der Waals surface area (Å²) in [5, 5.41) is 20.0. The number of β-amino-alcohol motifs (C(OH)–C–C–N with tert-alkyl or cyclic N) is 1. The molecule has 2 rings (SSSR count). The van der Waals surface area contributed by atoms with E-state index in [4.69, 9.17) is 0 Å². The molecule has 1 aromatic heterocycles. The first-order chi connectivity index (χ1) is 10.6. The van der Waals surface area contributed by atoms with Crippen LogP contribution in [-0.4, -0.2) is 51.8 Å². The number of aromatic nitrogens is 1. The summed E-state index contributed by atoms with van der Waals surface area (Å²) in [6.45, 7) is 2.99. The van der Waals surface area contributed by atoms with E-state index in [2.05, 4.69) is 11.9 Å². The number of pyridine rings is 1. The van der Waals surface area contributed by atoms with Crippen LogP contribution in [0.1, 0.15) is 38.2 Å². The van der Waals surface area contributed by atoms with Gasteiger partial charge in [0, 0.05) is 37.3 Å². The zero-order chi connectivity index (χ0) is 16.0. The lowest BCUT2D eigenvalue weighted by Gasteiger charge is -2.44. The van der Waals surface area contributed by atoms with Crippen molar-refractivity contribution >= 4 is 5.91 Å². The molecule has 0 aliphatic carbocycles. The van der Waals surface area contributed by atoms with Gasteiger partial charge in [0.15, 0.2) is 0 Å². The fourth-order valence-electron chi connectivity index (χ4n) is 3.26. The molecule has 0 radical (unpaired) electrons. The van der Waals surface area contributed by atoms with Crippen LogP contribution in [0, 0.1) is 5.41 Å². The molecule has 122 valence electrons. The van der Waals surface area contributed by atoms with E-state index in [-0.39, 0.29) is 12.5 Å². The number of aryl methyl sites for hydroxylation is 1. The van der Waals surface area contributed by atoms with Crippen molar-refractivity contribution < 1.29 is 15.0 Å². The molecule has 1 aromatic rings. The second kappa shape index (κ2) is 7.70. The summed E-state index contributed by atoms with van der Waals surface area (Å²) < 4.78 is 0. The molecule has 1 saturated heterocycles. The Kier molecular flexibility index (Phi) is 5.91. The van der Waals surface area contributed by atoms with Crippen molar-refractivity contribution in [3.8, 4) is 0 Å². The average Bonchev–Trinajstić information content (AvgIpc) is 2.55. The number of hydrogen-bond acceptors (Lipinski definition) is 4. The second-order valence-corrected chi connectivity index (χ2v) is 6.23. The molecule has 0 bridgehead atoms. The predicted octanol–water partition coefficient (Wildman–Crippen LogP) is 1.39. The molecule has 1 aliphatic heterocycles. The van der Waals surface area contributed by atoms with Gasteiger partial charge in [-0.05, 0) is 37.0 Å². The SMILES string of the molecule is CCC[C@]1(CO)CCN(C(=O)CCc2ccncc2)C[C@@H]1O. The zero-order valence-electron chi connectivity index (χ0n) is 13.2. The lowest BCUT2D eigenvalue weighted by atomic mass is 9.73. The molecule has 0 aromatic carbocycles. The minimum Gasteiger partial charge on any atom is -0.396 e. The van der Waals surface area contributed by atoms with Crippen molar-refractivity contribution in [2.45, 2.75) is 45.1 Å². The fraction of sp³-hybridized carbons (Fsp3) is 0.647. The van der Waals surface area contributed by atoms with E-state index in [9.17, 15) is 15.0 Å². The second-order valence-electron chi connectivity index (χ2n) is 6.23. The van der Waals surface area contributed by atoms with Crippen LogP contribution in [0.5, 0.6) is 0 Å². The summed E-state index contributed by atoms with van der Waals surface area (Å²) in [6.07, 6.45) is 6.33. The van der Waals surface area contributed by atoms with Crippen LogP contribution in [0.3, 0.4) is 0 Å². The molecule has 1 amide bonds. The number of piperidine rings is 1. The van der Waals surface area contributed by atoms with Gasteiger partial charge in [-0.1, -0.05) is 13.3 Å². The summed E-state index contributed by atoms with van der Waals surface area (Å²) in [5.74, 6) is 0.0684. The van der Waals surface area contributed by atoms with Crippen LogP contribution in [0.2, 0.25) is 0 Å². The Balaban J connectivity index is 1.88. The predicted molar refractivity (Wildman–Crippen MR) is 84.2 cm³/mol. The molecule has 1 fully saturated rings. The van der Waals surface area contributed by atoms with Gasteiger partial charge in [-0.15, -0.1) is 0 Å². The summed E-state index contributed by atoms with van der Waals surface area (Å²) in [7, 11) is 0. The van der Waals surface area contributed by atoms with Gasteiger partial charge < -0.3 is 15.1 Å². The number of carbonyl (C=O) groups excluding carboxylic acids is 1. The van der Waals surface area contributed by atoms with Gasteiger partial charge in [0.2, 0.25) is 5.91 Å². The smallest absolute Gasteiger partial charge is 0.222 e. The first-order valence-corrected chi connectivity index (χ1v) is 8.07. The van der Waals surface area contributed by atoms with E-state index in [1.54, 1.807) is 17.3 Å². The maximum atomic E-state index is 12.3. The van der Waals surface area contributed by atoms with Gasteiger partial charge in [-0.3, -0.25) is 9.78 Å². The number of nitrogens with zero attached hydrogens (tertiary/aromatic N) is 2. The molecule has 2 N–H and O–H groups in total. The quantitative estimate of drug-likeness (QED) is 0.833. The van der Waals surface area contributed by atoms with Crippen LogP contribution in [0.25, 0.3) is 0 Å². The number of hydrogen-bond donors (Lipinski definition) is 2. The van der Waals surface area contributed by atoms with Gasteiger partial charge in [0.1, 0.15) is 0 Å². The molecule has 5 heteroatoms. The molecule has 0 spiro atoms. The maximum absolute atomic E-state index is 12.3. The molecule has 0 unspecified atom stereocenters. The lowest BCUT2D eigenvalue weighted by molar-refractivity contribution is -0.142. The Morgan fingerprint density at radius 2 is 2.18 bits per heavy atom. The third-order valence-electron chi connectivity index (χ3n) is 4.77. The molecule has 2 heterocycles. The average molecular weight is 306 g/mol. The van der Waals surface area contributed by atoms with Crippen molar-refractivity contribution in [2.75, 3.05) is 19.7 Å². The van der Waals surface area contributed by atoms with Gasteiger partial charge >= 0.3 is 0 Å². The van der Waals surface area contributed by atoms with E-state index in [0.717, 1.165) is 18.4 Å². The largest absolute Gasteiger partial charge is 0.396 e. The number of rotatable bonds is 6. The zero-order valence-corrected chi connectivity index (χ0v) is 13.2. The Hall–Kier alpha value is -1.46. The highest BCUT2D eigenvalue weighted by Gasteiger charge is 2.42. The number of aliphatic hydroxyl groups excluding tert-OH is 2. The van der Waals surface area contributed by atoms with Gasteiger partial charge in [0.25, 0.3) is 0 Å². The van der Waals surface area contributed by atoms with E-state index < -0.39 is 11.5 Å². The summed E-state index contributed by atoms with van der Waals surface area (Å²) >= 11 is 0. The third kappa shape index (κ3) is 3.84. The lowest BCUT2D eigenvalue weighted by Crippen LogP contribution is -2.54. The normalized spacial score (nSPS) is 25.2. The Bertz CT molecular complexity index is 480. The summed E-state index contributed by atoms with van der Waals surface area (Å²) in [4.78, 5) is 18.0. The van der Waals surface area contributed by atoms with Crippen LogP contribution < -0.4 is 0 Å². The number of aliphatic hydroxyl groups is 2. The van der Waals surface area contributed by atoms with E-state index in [1.807, 2.05) is 12.1 Å². The highest BCUT2D eigenvalue weighted by atomic mass is 16.3. The van der Waals surface area contributed by atoms with Gasteiger partial charge in [-0.25, -0.2) is 0 Å². The van der Waals surface area contributed by atoms with Crippen LogP contribution >= 0.6 is 0 Å². The Morgan fingerprint density at radius 3 is 2.77 bits per heavy atom. The standard InChI is InChI=1S/C17H26N2O3/c1-2-7-17(13-20)8-11-19(12-15(17)21)16(22)4-3-14-5-9-18-10-6-14/h5-6,9-10,15,20-21H,2-4,7-8,11-13H2,1H3/t15-,17+/m0/s1. The van der Waals surface area contributed by atoms with Gasteiger partial charge in [-0.2, -0.15) is 0 Å². The van der Waals surface area contributed by atoms with Crippen molar-refractivity contribution in [1.29, 1.82) is 0 Å². The van der Waals surface area contributed by atoms with Crippen molar-refractivity contribution in [3.63, 3.8) is 0 Å².